The monoisotopic (exact) mass is 336 g/mol. The fraction of sp³-hybridized carbons (Fsp3) is 1.00. The van der Waals surface area contributed by atoms with Crippen LogP contribution in [0.4, 0.5) is 0 Å². The second kappa shape index (κ2) is 24.6. The van der Waals surface area contributed by atoms with Crippen LogP contribution in [-0.2, 0) is 4.99 Å². The summed E-state index contributed by atoms with van der Waals surface area (Å²) in [4.78, 5) is 3.28. The molecule has 0 atom stereocenters. The second-order valence-electron chi connectivity index (χ2n) is 6.32. The Kier molecular flexibility index (Phi) is 27.4. The average molecular weight is 336 g/mol. The van der Waals surface area contributed by atoms with Crippen LogP contribution >= 0.6 is 0 Å². The van der Waals surface area contributed by atoms with Crippen molar-refractivity contribution >= 4 is 0 Å². The molecule has 0 bridgehead atoms. The number of unbranched alkanes of at least 4 members (excludes halogenated alkanes) is 15. The topological polar surface area (TPSA) is 57.0 Å². The molecule has 0 aliphatic carbocycles. The first-order valence-electron chi connectivity index (χ1n) is 9.57. The summed E-state index contributed by atoms with van der Waals surface area (Å²) in [6, 6.07) is 0. The van der Waals surface area contributed by atoms with Crippen molar-refractivity contribution in [2.24, 2.45) is 10.4 Å². The van der Waals surface area contributed by atoms with Gasteiger partial charge in [-0.1, -0.05) is 103 Å². The van der Waals surface area contributed by atoms with Crippen molar-refractivity contribution in [1.29, 1.82) is 0 Å². The van der Waals surface area contributed by atoms with Gasteiger partial charge in [0, 0.05) is 5.28 Å². The van der Waals surface area contributed by atoms with E-state index in [2.05, 4.69) is 22.3 Å². The van der Waals surface area contributed by atoms with Crippen molar-refractivity contribution in [3.63, 3.8) is 0 Å². The van der Waals surface area contributed by atoms with Gasteiger partial charge in [-0.25, -0.2) is 0 Å². The minimum Gasteiger partial charge on any atom is -0.636 e. The molecule has 4 nitrogen and oxygen atoms in total. The maximum atomic E-state index is 9.54. The molecule has 0 unspecified atom stereocenters. The molecule has 0 rings (SSSR count). The zero-order valence-corrected chi connectivity index (χ0v) is 17.7. The van der Waals surface area contributed by atoms with Gasteiger partial charge in [-0.15, -0.1) is 0 Å². The SMILES string of the molecule is CCCCCCCCCCCCCCCCCCN=NO[O-].[Na+]. The summed E-state index contributed by atoms with van der Waals surface area (Å²) in [5.41, 5.74) is 0. The first-order chi connectivity index (χ1) is 10.9. The van der Waals surface area contributed by atoms with Crippen molar-refractivity contribution in [2.75, 3.05) is 6.54 Å². The van der Waals surface area contributed by atoms with E-state index >= 15 is 0 Å². The van der Waals surface area contributed by atoms with Gasteiger partial charge < -0.3 is 10.2 Å². The third-order valence-electron chi connectivity index (χ3n) is 4.20. The number of hydrogen-bond donors (Lipinski definition) is 0. The first kappa shape index (κ1) is 25.6. The molecule has 0 aromatic carbocycles. The summed E-state index contributed by atoms with van der Waals surface area (Å²) in [7, 11) is 0. The molecule has 0 radical (unpaired) electrons. The molecule has 0 saturated carbocycles. The maximum absolute atomic E-state index is 9.54. The van der Waals surface area contributed by atoms with Crippen molar-refractivity contribution in [1.82, 2.24) is 0 Å². The summed E-state index contributed by atoms with van der Waals surface area (Å²) in [5.74, 6) is 0. The minimum absolute atomic E-state index is 0. The molecule has 132 valence electrons. The fourth-order valence-electron chi connectivity index (χ4n) is 2.80. The average Bonchev–Trinajstić information content (AvgIpc) is 2.54. The first-order valence-corrected chi connectivity index (χ1v) is 9.57. The number of hydrogen-bond acceptors (Lipinski definition) is 4. The normalized spacial score (nSPS) is 10.9. The molecule has 0 N–H and O–H groups in total. The molecule has 0 heterocycles. The van der Waals surface area contributed by atoms with Gasteiger partial charge in [0.1, 0.15) is 0 Å². The zero-order chi connectivity index (χ0) is 16.1. The molecule has 0 amide bonds. The summed E-state index contributed by atoms with van der Waals surface area (Å²) in [6.07, 6.45) is 21.8. The van der Waals surface area contributed by atoms with Crippen molar-refractivity contribution in [3.8, 4) is 0 Å². The Balaban J connectivity index is 0. The molecular formula is C18H37N2NaO2. The molecule has 0 aromatic heterocycles. The third kappa shape index (κ3) is 24.7. The molecule has 0 aromatic rings. The Hall–Kier alpha value is 0.360. The van der Waals surface area contributed by atoms with Crippen LogP contribution in [-0.4, -0.2) is 6.54 Å². The van der Waals surface area contributed by atoms with Crippen LogP contribution < -0.4 is 34.8 Å². The Morgan fingerprint density at radius 2 is 0.957 bits per heavy atom. The summed E-state index contributed by atoms with van der Waals surface area (Å²) < 4.78 is 0. The Morgan fingerprint density at radius 1 is 0.609 bits per heavy atom. The van der Waals surface area contributed by atoms with E-state index in [1.807, 2.05) is 0 Å². The standard InChI is InChI=1S/C18H38N2O2.Na/c1-2-3-4-5-6-7-8-9-10-11-12-13-14-15-16-17-18-19-20-22-21;/h21H,2-18H2,1H3;/q;+1/p-1. The maximum Gasteiger partial charge on any atom is 1.00 e. The van der Waals surface area contributed by atoms with Crippen LogP contribution in [0.15, 0.2) is 10.4 Å². The summed E-state index contributed by atoms with van der Waals surface area (Å²) in [5, 5.41) is 16.1. The Bertz CT molecular complexity index is 229. The van der Waals surface area contributed by atoms with E-state index in [0.29, 0.717) is 6.54 Å². The molecule has 0 aliphatic rings. The smallest absolute Gasteiger partial charge is 0.636 e. The largest absolute Gasteiger partial charge is 1.00 e. The number of nitrogens with zero attached hydrogens (tertiary/aromatic N) is 2. The van der Waals surface area contributed by atoms with Gasteiger partial charge in [-0.05, 0) is 6.42 Å². The van der Waals surface area contributed by atoms with E-state index in [-0.39, 0.29) is 29.6 Å². The zero-order valence-electron chi connectivity index (χ0n) is 15.7. The Morgan fingerprint density at radius 3 is 1.30 bits per heavy atom. The minimum atomic E-state index is 0. The van der Waals surface area contributed by atoms with Crippen LogP contribution in [0.25, 0.3) is 0 Å². The molecule has 0 aliphatic heterocycles. The quantitative estimate of drug-likeness (QED) is 0.127. The van der Waals surface area contributed by atoms with Crippen molar-refractivity contribution in [3.05, 3.63) is 0 Å². The molecule has 5 heteroatoms. The van der Waals surface area contributed by atoms with Crippen LogP contribution in [0.3, 0.4) is 0 Å². The molecular weight excluding hydrogens is 299 g/mol. The molecule has 0 spiro atoms. The van der Waals surface area contributed by atoms with Gasteiger partial charge in [0.25, 0.3) is 0 Å². The molecule has 0 fully saturated rings. The van der Waals surface area contributed by atoms with Crippen molar-refractivity contribution in [2.45, 2.75) is 110 Å². The molecule has 23 heavy (non-hydrogen) atoms. The van der Waals surface area contributed by atoms with Crippen molar-refractivity contribution < 1.29 is 39.8 Å². The van der Waals surface area contributed by atoms with Gasteiger partial charge in [0.05, 0.1) is 6.54 Å². The van der Waals surface area contributed by atoms with Gasteiger partial charge in [0.2, 0.25) is 0 Å². The van der Waals surface area contributed by atoms with E-state index in [0.717, 1.165) is 6.42 Å². The van der Waals surface area contributed by atoms with Crippen LogP contribution in [0, 0.1) is 0 Å². The Labute approximate surface area is 166 Å². The van der Waals surface area contributed by atoms with Crippen LogP contribution in [0.1, 0.15) is 110 Å². The predicted molar refractivity (Wildman–Crippen MR) is 90.4 cm³/mol. The predicted octanol–water partition coefficient (Wildman–Crippen LogP) is 2.91. The van der Waals surface area contributed by atoms with Gasteiger partial charge in [0.15, 0.2) is 0 Å². The second-order valence-corrected chi connectivity index (χ2v) is 6.32. The third-order valence-corrected chi connectivity index (χ3v) is 4.20. The van der Waals surface area contributed by atoms with E-state index in [9.17, 15) is 5.26 Å². The summed E-state index contributed by atoms with van der Waals surface area (Å²) in [6.45, 7) is 2.89. The van der Waals surface area contributed by atoms with E-state index in [4.69, 9.17) is 0 Å². The van der Waals surface area contributed by atoms with E-state index in [1.165, 1.54) is 96.3 Å². The van der Waals surface area contributed by atoms with Crippen LogP contribution in [0.5, 0.6) is 0 Å². The fourth-order valence-corrected chi connectivity index (χ4v) is 2.80. The summed E-state index contributed by atoms with van der Waals surface area (Å²) >= 11 is 0. The van der Waals surface area contributed by atoms with E-state index in [1.54, 1.807) is 0 Å². The van der Waals surface area contributed by atoms with Gasteiger partial charge >= 0.3 is 29.6 Å². The molecule has 0 saturated heterocycles. The van der Waals surface area contributed by atoms with Crippen LogP contribution in [0.2, 0.25) is 0 Å². The van der Waals surface area contributed by atoms with Gasteiger partial charge in [-0.2, -0.15) is 5.11 Å². The van der Waals surface area contributed by atoms with E-state index < -0.39 is 0 Å². The number of rotatable bonds is 18. The van der Waals surface area contributed by atoms with Gasteiger partial charge in [-0.3, -0.25) is 0 Å².